The number of thiophene rings is 1. The second kappa shape index (κ2) is 5.82. The third-order valence-electron chi connectivity index (χ3n) is 2.26. The zero-order valence-corrected chi connectivity index (χ0v) is 10.2. The van der Waals surface area contributed by atoms with Gasteiger partial charge in [-0.2, -0.15) is 0 Å². The summed E-state index contributed by atoms with van der Waals surface area (Å²) in [6, 6.07) is 3.74. The fourth-order valence-corrected chi connectivity index (χ4v) is 2.05. The average molecular weight is 239 g/mol. The minimum absolute atomic E-state index is 0.0586. The van der Waals surface area contributed by atoms with Crippen LogP contribution in [0.1, 0.15) is 24.6 Å². The maximum absolute atomic E-state index is 11.4. The van der Waals surface area contributed by atoms with Gasteiger partial charge in [0.15, 0.2) is 0 Å². The first-order valence-corrected chi connectivity index (χ1v) is 6.08. The highest BCUT2D eigenvalue weighted by Crippen LogP contribution is 2.24. The molecule has 0 aliphatic heterocycles. The van der Waals surface area contributed by atoms with Crippen LogP contribution in [0.15, 0.2) is 30.2 Å². The molecule has 2 N–H and O–H groups in total. The number of nitrogens with one attached hydrogen (secondary N) is 1. The third kappa shape index (κ3) is 3.79. The van der Waals surface area contributed by atoms with E-state index in [1.807, 2.05) is 17.5 Å². The predicted octanol–water partition coefficient (Wildman–Crippen LogP) is 2.04. The molecule has 1 aromatic rings. The molecule has 88 valence electrons. The van der Waals surface area contributed by atoms with E-state index in [1.165, 1.54) is 11.3 Å². The van der Waals surface area contributed by atoms with E-state index in [2.05, 4.69) is 11.9 Å². The Hall–Kier alpha value is -1.13. The van der Waals surface area contributed by atoms with Gasteiger partial charge in [-0.3, -0.25) is 4.79 Å². The molecule has 1 atom stereocenters. The number of hydrogen-bond acceptors (Lipinski definition) is 3. The third-order valence-corrected chi connectivity index (χ3v) is 3.38. The second-order valence-electron chi connectivity index (χ2n) is 3.86. The first-order valence-electron chi connectivity index (χ1n) is 5.20. The summed E-state index contributed by atoms with van der Waals surface area (Å²) in [6.45, 7) is 5.50. The van der Waals surface area contributed by atoms with Gasteiger partial charge >= 0.3 is 0 Å². The Labute approximate surface area is 99.8 Å². The lowest BCUT2D eigenvalue weighted by atomic mass is 10.1. The number of allylic oxidation sites excluding steroid dienone is 1. The molecule has 1 heterocycles. The molecule has 1 amide bonds. The molecule has 1 aromatic heterocycles. The molecular weight excluding hydrogens is 222 g/mol. The van der Waals surface area contributed by atoms with Crippen LogP contribution >= 0.6 is 11.3 Å². The molecule has 3 nitrogen and oxygen atoms in total. The molecule has 1 rings (SSSR count). The van der Waals surface area contributed by atoms with Crippen molar-refractivity contribution in [1.29, 1.82) is 0 Å². The number of amides is 1. The first-order chi connectivity index (χ1) is 7.56. The van der Waals surface area contributed by atoms with Crippen LogP contribution in [0.5, 0.6) is 0 Å². The number of aliphatic hydroxyl groups is 1. The maximum Gasteiger partial charge on any atom is 0.220 e. The van der Waals surface area contributed by atoms with Crippen molar-refractivity contribution in [2.45, 2.75) is 25.4 Å². The summed E-state index contributed by atoms with van der Waals surface area (Å²) in [5.74, 6) is -0.0586. The SMILES string of the molecule is C=CCCC(=O)NC[C@](C)(O)c1cccs1. The van der Waals surface area contributed by atoms with E-state index in [4.69, 9.17) is 0 Å². The molecule has 0 aliphatic rings. The maximum atomic E-state index is 11.4. The van der Waals surface area contributed by atoms with Gasteiger partial charge in [0.2, 0.25) is 5.91 Å². The van der Waals surface area contributed by atoms with Crippen LogP contribution in [0.4, 0.5) is 0 Å². The van der Waals surface area contributed by atoms with Gasteiger partial charge in [-0.1, -0.05) is 12.1 Å². The Morgan fingerprint density at radius 3 is 3.06 bits per heavy atom. The van der Waals surface area contributed by atoms with Gasteiger partial charge in [-0.25, -0.2) is 0 Å². The van der Waals surface area contributed by atoms with Crippen molar-refractivity contribution in [3.05, 3.63) is 35.0 Å². The van der Waals surface area contributed by atoms with Gasteiger partial charge < -0.3 is 10.4 Å². The van der Waals surface area contributed by atoms with E-state index in [0.717, 1.165) is 4.88 Å². The van der Waals surface area contributed by atoms with Gasteiger partial charge in [-0.05, 0) is 24.8 Å². The van der Waals surface area contributed by atoms with E-state index >= 15 is 0 Å². The standard InChI is InChI=1S/C12H17NO2S/c1-3-4-7-11(14)13-9-12(2,15)10-6-5-8-16-10/h3,5-6,8,15H,1,4,7,9H2,2H3,(H,13,14)/t12-/m0/s1. The Bertz CT molecular complexity index is 344. The summed E-state index contributed by atoms with van der Waals surface area (Å²) in [7, 11) is 0. The lowest BCUT2D eigenvalue weighted by Crippen LogP contribution is -2.37. The number of rotatable bonds is 6. The fraction of sp³-hybridized carbons (Fsp3) is 0.417. The monoisotopic (exact) mass is 239 g/mol. The molecule has 0 aromatic carbocycles. The molecule has 0 bridgehead atoms. The number of hydrogen-bond donors (Lipinski definition) is 2. The van der Waals surface area contributed by atoms with Crippen LogP contribution in [0, 0.1) is 0 Å². The Morgan fingerprint density at radius 2 is 2.50 bits per heavy atom. The topological polar surface area (TPSA) is 49.3 Å². The largest absolute Gasteiger partial charge is 0.383 e. The van der Waals surface area contributed by atoms with Crippen LogP contribution in [-0.2, 0) is 10.4 Å². The first kappa shape index (κ1) is 12.9. The Balaban J connectivity index is 2.42. The molecule has 0 radical (unpaired) electrons. The highest BCUT2D eigenvalue weighted by molar-refractivity contribution is 7.10. The van der Waals surface area contributed by atoms with Crippen molar-refractivity contribution in [3.8, 4) is 0 Å². The highest BCUT2D eigenvalue weighted by Gasteiger charge is 2.24. The van der Waals surface area contributed by atoms with Crippen molar-refractivity contribution >= 4 is 17.2 Å². The van der Waals surface area contributed by atoms with E-state index in [0.29, 0.717) is 12.8 Å². The zero-order valence-electron chi connectivity index (χ0n) is 9.40. The summed E-state index contributed by atoms with van der Waals surface area (Å²) in [5, 5.41) is 14.7. The highest BCUT2D eigenvalue weighted by atomic mass is 32.1. The Kier molecular flexibility index (Phi) is 4.71. The molecule has 0 unspecified atom stereocenters. The summed E-state index contributed by atoms with van der Waals surface area (Å²) in [6.07, 6.45) is 2.79. The molecule has 16 heavy (non-hydrogen) atoms. The number of carbonyl (C=O) groups excluding carboxylic acids is 1. The second-order valence-corrected chi connectivity index (χ2v) is 4.80. The molecule has 0 saturated carbocycles. The summed E-state index contributed by atoms with van der Waals surface area (Å²) < 4.78 is 0. The smallest absolute Gasteiger partial charge is 0.220 e. The summed E-state index contributed by atoms with van der Waals surface area (Å²) in [5.41, 5.74) is -0.988. The van der Waals surface area contributed by atoms with Crippen molar-refractivity contribution in [2.75, 3.05) is 6.54 Å². The molecule has 0 aliphatic carbocycles. The van der Waals surface area contributed by atoms with Gasteiger partial charge in [0.1, 0.15) is 5.60 Å². The Morgan fingerprint density at radius 1 is 1.75 bits per heavy atom. The lowest BCUT2D eigenvalue weighted by molar-refractivity contribution is -0.122. The normalized spacial score (nSPS) is 14.1. The van der Waals surface area contributed by atoms with Gasteiger partial charge in [0, 0.05) is 11.3 Å². The van der Waals surface area contributed by atoms with Gasteiger partial charge in [0.05, 0.1) is 6.54 Å². The lowest BCUT2D eigenvalue weighted by Gasteiger charge is -2.22. The van der Waals surface area contributed by atoms with Crippen LogP contribution in [0.25, 0.3) is 0 Å². The minimum atomic E-state index is -0.988. The molecule has 0 fully saturated rings. The molecule has 4 heteroatoms. The van der Waals surface area contributed by atoms with Crippen LogP contribution in [0.2, 0.25) is 0 Å². The van der Waals surface area contributed by atoms with Crippen molar-refractivity contribution < 1.29 is 9.90 Å². The molecule has 0 saturated heterocycles. The van der Waals surface area contributed by atoms with Gasteiger partial charge in [0.25, 0.3) is 0 Å². The van der Waals surface area contributed by atoms with E-state index in [1.54, 1.807) is 13.0 Å². The quantitative estimate of drug-likeness (QED) is 0.746. The van der Waals surface area contributed by atoms with E-state index in [9.17, 15) is 9.90 Å². The summed E-state index contributed by atoms with van der Waals surface area (Å²) >= 11 is 1.48. The zero-order chi connectivity index (χ0) is 12.0. The average Bonchev–Trinajstić information content (AvgIpc) is 2.77. The molecule has 0 spiro atoms. The van der Waals surface area contributed by atoms with E-state index < -0.39 is 5.60 Å². The minimum Gasteiger partial charge on any atom is -0.383 e. The predicted molar refractivity (Wildman–Crippen MR) is 66.3 cm³/mol. The van der Waals surface area contributed by atoms with Crippen molar-refractivity contribution in [2.24, 2.45) is 0 Å². The van der Waals surface area contributed by atoms with Crippen LogP contribution < -0.4 is 5.32 Å². The number of carbonyl (C=O) groups is 1. The molecular formula is C12H17NO2S. The van der Waals surface area contributed by atoms with Gasteiger partial charge in [-0.15, -0.1) is 17.9 Å². The van der Waals surface area contributed by atoms with Crippen molar-refractivity contribution in [1.82, 2.24) is 5.32 Å². The summed E-state index contributed by atoms with van der Waals surface area (Å²) in [4.78, 5) is 12.2. The van der Waals surface area contributed by atoms with Crippen LogP contribution in [0.3, 0.4) is 0 Å². The fourth-order valence-electron chi connectivity index (χ4n) is 1.26. The van der Waals surface area contributed by atoms with E-state index in [-0.39, 0.29) is 12.5 Å². The van der Waals surface area contributed by atoms with Crippen molar-refractivity contribution in [3.63, 3.8) is 0 Å². The van der Waals surface area contributed by atoms with Crippen LogP contribution in [-0.4, -0.2) is 17.6 Å².